The third-order valence-corrected chi connectivity index (χ3v) is 3.39. The molecule has 2 unspecified atom stereocenters. The molecule has 1 aromatic rings. The van der Waals surface area contributed by atoms with Crippen molar-refractivity contribution in [3.63, 3.8) is 0 Å². The highest BCUT2D eigenvalue weighted by molar-refractivity contribution is 5.94. The van der Waals surface area contributed by atoms with Crippen LogP contribution in [-0.4, -0.2) is 28.8 Å². The first-order valence-corrected chi connectivity index (χ1v) is 5.92. The van der Waals surface area contributed by atoms with E-state index in [-0.39, 0.29) is 24.1 Å². The molecule has 1 aliphatic carbocycles. The summed E-state index contributed by atoms with van der Waals surface area (Å²) in [5.41, 5.74) is 0.932. The van der Waals surface area contributed by atoms with Crippen molar-refractivity contribution in [2.24, 2.45) is 5.92 Å². The number of aliphatic hydroxyl groups is 1. The average Bonchev–Trinajstić information content (AvgIpc) is 2.77. The molecule has 0 saturated heterocycles. The summed E-state index contributed by atoms with van der Waals surface area (Å²) in [6, 6.07) is 7.08. The molecule has 0 aliphatic heterocycles. The van der Waals surface area contributed by atoms with E-state index in [1.54, 1.807) is 18.2 Å². The third-order valence-electron chi connectivity index (χ3n) is 3.39. The maximum absolute atomic E-state index is 11.1. The second kappa shape index (κ2) is 5.19. The first kappa shape index (κ1) is 11.9. The largest absolute Gasteiger partial charge is 0.478 e. The summed E-state index contributed by atoms with van der Waals surface area (Å²) >= 11 is 0. The Morgan fingerprint density at radius 1 is 1.35 bits per heavy atom. The number of nitrogens with one attached hydrogen (secondary N) is 1. The molecule has 92 valence electrons. The summed E-state index contributed by atoms with van der Waals surface area (Å²) in [5, 5.41) is 21.6. The van der Waals surface area contributed by atoms with Crippen molar-refractivity contribution in [2.45, 2.75) is 25.3 Å². The Hall–Kier alpha value is -1.55. The van der Waals surface area contributed by atoms with Gasteiger partial charge in [0.25, 0.3) is 0 Å². The van der Waals surface area contributed by atoms with Crippen molar-refractivity contribution >= 4 is 11.7 Å². The highest BCUT2D eigenvalue weighted by Gasteiger charge is 2.27. The van der Waals surface area contributed by atoms with Crippen LogP contribution in [0.1, 0.15) is 29.6 Å². The zero-order valence-corrected chi connectivity index (χ0v) is 9.60. The van der Waals surface area contributed by atoms with Gasteiger partial charge in [0.1, 0.15) is 0 Å². The van der Waals surface area contributed by atoms with Crippen LogP contribution >= 0.6 is 0 Å². The predicted octanol–water partition coefficient (Wildman–Crippen LogP) is 1.96. The topological polar surface area (TPSA) is 69.6 Å². The standard InChI is InChI=1S/C13H17NO3/c15-8-9-4-3-7-11(9)14-12-6-2-1-5-10(12)13(16)17/h1-2,5-6,9,11,14-15H,3-4,7-8H2,(H,16,17). The lowest BCUT2D eigenvalue weighted by atomic mass is 10.0. The molecule has 4 heteroatoms. The smallest absolute Gasteiger partial charge is 0.337 e. The van der Waals surface area contributed by atoms with Gasteiger partial charge >= 0.3 is 5.97 Å². The number of carboxylic acid groups (broad SMARTS) is 1. The Kier molecular flexibility index (Phi) is 3.64. The number of para-hydroxylation sites is 1. The fraction of sp³-hybridized carbons (Fsp3) is 0.462. The van der Waals surface area contributed by atoms with Gasteiger partial charge in [-0.05, 0) is 25.0 Å². The Bertz CT molecular complexity index is 405. The van der Waals surface area contributed by atoms with Gasteiger partial charge < -0.3 is 15.5 Å². The summed E-state index contributed by atoms with van der Waals surface area (Å²) in [4.78, 5) is 11.1. The number of carbonyl (C=O) groups is 1. The number of benzene rings is 1. The van der Waals surface area contributed by atoms with Gasteiger partial charge in [-0.15, -0.1) is 0 Å². The van der Waals surface area contributed by atoms with E-state index in [0.717, 1.165) is 19.3 Å². The first-order valence-electron chi connectivity index (χ1n) is 5.92. The van der Waals surface area contributed by atoms with Gasteiger partial charge in [-0.2, -0.15) is 0 Å². The zero-order valence-electron chi connectivity index (χ0n) is 9.60. The third kappa shape index (κ3) is 2.58. The van der Waals surface area contributed by atoms with E-state index in [1.807, 2.05) is 6.07 Å². The lowest BCUT2D eigenvalue weighted by Crippen LogP contribution is -2.27. The van der Waals surface area contributed by atoms with Crippen molar-refractivity contribution in [1.82, 2.24) is 0 Å². The van der Waals surface area contributed by atoms with E-state index >= 15 is 0 Å². The van der Waals surface area contributed by atoms with Crippen LogP contribution in [0.5, 0.6) is 0 Å². The maximum Gasteiger partial charge on any atom is 0.337 e. The molecule has 0 spiro atoms. The quantitative estimate of drug-likeness (QED) is 0.746. The van der Waals surface area contributed by atoms with Gasteiger partial charge in [0.15, 0.2) is 0 Å². The molecular weight excluding hydrogens is 218 g/mol. The van der Waals surface area contributed by atoms with Gasteiger partial charge in [0.2, 0.25) is 0 Å². The second-order valence-electron chi connectivity index (χ2n) is 4.48. The second-order valence-corrected chi connectivity index (χ2v) is 4.48. The number of anilines is 1. The minimum absolute atomic E-state index is 0.160. The van der Waals surface area contributed by atoms with E-state index in [2.05, 4.69) is 5.32 Å². The van der Waals surface area contributed by atoms with Gasteiger partial charge in [0, 0.05) is 24.3 Å². The van der Waals surface area contributed by atoms with E-state index < -0.39 is 5.97 Å². The van der Waals surface area contributed by atoms with Crippen molar-refractivity contribution in [3.05, 3.63) is 29.8 Å². The molecule has 3 N–H and O–H groups in total. The molecule has 1 saturated carbocycles. The zero-order chi connectivity index (χ0) is 12.3. The molecular formula is C13H17NO3. The molecule has 1 fully saturated rings. The Labute approximate surface area is 100 Å². The van der Waals surface area contributed by atoms with Crippen molar-refractivity contribution in [3.8, 4) is 0 Å². The normalized spacial score (nSPS) is 23.6. The Morgan fingerprint density at radius 3 is 2.82 bits per heavy atom. The molecule has 1 aliphatic rings. The summed E-state index contributed by atoms with van der Waals surface area (Å²) in [5.74, 6) is -0.691. The SMILES string of the molecule is O=C(O)c1ccccc1NC1CCCC1CO. The molecule has 0 heterocycles. The number of aromatic carboxylic acids is 1. The molecule has 17 heavy (non-hydrogen) atoms. The fourth-order valence-electron chi connectivity index (χ4n) is 2.44. The highest BCUT2D eigenvalue weighted by atomic mass is 16.4. The average molecular weight is 235 g/mol. The molecule has 0 radical (unpaired) electrons. The predicted molar refractivity (Wildman–Crippen MR) is 65.2 cm³/mol. The van der Waals surface area contributed by atoms with Crippen LogP contribution in [0.25, 0.3) is 0 Å². The van der Waals surface area contributed by atoms with Crippen LogP contribution in [-0.2, 0) is 0 Å². The lowest BCUT2D eigenvalue weighted by molar-refractivity contribution is 0.0698. The van der Waals surface area contributed by atoms with Crippen LogP contribution in [0.3, 0.4) is 0 Å². The van der Waals surface area contributed by atoms with E-state index in [4.69, 9.17) is 5.11 Å². The molecule has 2 rings (SSSR count). The van der Waals surface area contributed by atoms with Crippen LogP contribution in [0.2, 0.25) is 0 Å². The van der Waals surface area contributed by atoms with Gasteiger partial charge in [0.05, 0.1) is 5.56 Å². The van der Waals surface area contributed by atoms with Gasteiger partial charge in [-0.3, -0.25) is 0 Å². The Morgan fingerprint density at radius 2 is 2.12 bits per heavy atom. The number of hydrogen-bond donors (Lipinski definition) is 3. The van der Waals surface area contributed by atoms with Crippen LogP contribution in [0.4, 0.5) is 5.69 Å². The highest BCUT2D eigenvalue weighted by Crippen LogP contribution is 2.29. The first-order chi connectivity index (χ1) is 8.22. The number of hydrogen-bond acceptors (Lipinski definition) is 3. The Balaban J connectivity index is 2.15. The van der Waals surface area contributed by atoms with Crippen molar-refractivity contribution < 1.29 is 15.0 Å². The number of carboxylic acids is 1. The number of aliphatic hydroxyl groups excluding tert-OH is 1. The van der Waals surface area contributed by atoms with E-state index in [0.29, 0.717) is 5.69 Å². The molecule has 0 bridgehead atoms. The summed E-state index contributed by atoms with van der Waals surface area (Å²) in [6.07, 6.45) is 3.07. The summed E-state index contributed by atoms with van der Waals surface area (Å²) in [6.45, 7) is 0.160. The number of rotatable bonds is 4. The minimum Gasteiger partial charge on any atom is -0.478 e. The van der Waals surface area contributed by atoms with Gasteiger partial charge in [-0.1, -0.05) is 18.6 Å². The van der Waals surface area contributed by atoms with Crippen molar-refractivity contribution in [2.75, 3.05) is 11.9 Å². The van der Waals surface area contributed by atoms with Crippen LogP contribution in [0.15, 0.2) is 24.3 Å². The van der Waals surface area contributed by atoms with Crippen molar-refractivity contribution in [1.29, 1.82) is 0 Å². The molecule has 0 amide bonds. The van der Waals surface area contributed by atoms with E-state index in [1.165, 1.54) is 0 Å². The van der Waals surface area contributed by atoms with Crippen LogP contribution < -0.4 is 5.32 Å². The molecule has 1 aromatic carbocycles. The minimum atomic E-state index is -0.924. The summed E-state index contributed by atoms with van der Waals surface area (Å²) in [7, 11) is 0. The van der Waals surface area contributed by atoms with E-state index in [9.17, 15) is 9.90 Å². The molecule has 2 atom stereocenters. The fourth-order valence-corrected chi connectivity index (χ4v) is 2.44. The van der Waals surface area contributed by atoms with Crippen LogP contribution in [0, 0.1) is 5.92 Å². The lowest BCUT2D eigenvalue weighted by Gasteiger charge is -2.21. The summed E-state index contributed by atoms with van der Waals surface area (Å²) < 4.78 is 0. The maximum atomic E-state index is 11.1. The molecule has 4 nitrogen and oxygen atoms in total. The monoisotopic (exact) mass is 235 g/mol. The van der Waals surface area contributed by atoms with Gasteiger partial charge in [-0.25, -0.2) is 4.79 Å². The molecule has 0 aromatic heterocycles.